The zero-order valence-electron chi connectivity index (χ0n) is 15.8. The second-order valence-electron chi connectivity index (χ2n) is 6.85. The molecule has 26 heavy (non-hydrogen) atoms. The second-order valence-corrected chi connectivity index (χ2v) is 6.85. The molecule has 0 saturated carbocycles. The Bertz CT molecular complexity index is 942. The van der Waals surface area contributed by atoms with Crippen molar-refractivity contribution in [1.82, 2.24) is 9.78 Å². The maximum absolute atomic E-state index is 12.3. The van der Waals surface area contributed by atoms with Gasteiger partial charge in [-0.3, -0.25) is 4.79 Å². The third-order valence-corrected chi connectivity index (χ3v) is 5.18. The van der Waals surface area contributed by atoms with E-state index in [1.54, 1.807) is 0 Å². The van der Waals surface area contributed by atoms with Crippen LogP contribution in [0.3, 0.4) is 0 Å². The van der Waals surface area contributed by atoms with E-state index < -0.39 is 5.92 Å². The number of aromatic nitrogens is 2. The molecule has 2 N–H and O–H groups in total. The fourth-order valence-electron chi connectivity index (χ4n) is 3.58. The molecule has 1 unspecified atom stereocenters. The lowest BCUT2D eigenvalue weighted by Crippen LogP contribution is -2.24. The van der Waals surface area contributed by atoms with Crippen LogP contribution < -0.4 is 5.73 Å². The van der Waals surface area contributed by atoms with Gasteiger partial charge in [0.1, 0.15) is 0 Å². The van der Waals surface area contributed by atoms with E-state index in [0.29, 0.717) is 6.42 Å². The van der Waals surface area contributed by atoms with E-state index in [0.717, 1.165) is 28.2 Å². The summed E-state index contributed by atoms with van der Waals surface area (Å²) in [4.78, 5) is 12.3. The van der Waals surface area contributed by atoms with Gasteiger partial charge in [-0.1, -0.05) is 36.4 Å². The second kappa shape index (κ2) is 7.16. The fourth-order valence-corrected chi connectivity index (χ4v) is 3.58. The van der Waals surface area contributed by atoms with Crippen LogP contribution in [0.15, 0.2) is 48.5 Å². The molecule has 2 aromatic carbocycles. The van der Waals surface area contributed by atoms with Crippen molar-refractivity contribution in [3.05, 3.63) is 82.2 Å². The van der Waals surface area contributed by atoms with Gasteiger partial charge in [0, 0.05) is 11.3 Å². The smallest absolute Gasteiger partial charge is 0.225 e. The Hall–Kier alpha value is -2.88. The summed E-state index contributed by atoms with van der Waals surface area (Å²) in [6, 6.07) is 16.1. The van der Waals surface area contributed by atoms with Gasteiger partial charge in [-0.15, -0.1) is 0 Å². The first kappa shape index (κ1) is 17.9. The summed E-state index contributed by atoms with van der Waals surface area (Å²) in [5, 5.41) is 4.67. The predicted molar refractivity (Wildman–Crippen MR) is 105 cm³/mol. The molecule has 0 radical (unpaired) electrons. The normalized spacial score (nSPS) is 12.2. The monoisotopic (exact) mass is 347 g/mol. The average molecular weight is 347 g/mol. The number of carbonyl (C=O) groups excluding carboxylic acids is 1. The SMILES string of the molecule is Cc1cccc(CC(C(N)=O)c2c(C)nn(-c3ccccc3)c2C)c1C. The van der Waals surface area contributed by atoms with Crippen molar-refractivity contribution in [1.29, 1.82) is 0 Å². The van der Waals surface area contributed by atoms with E-state index in [1.807, 2.05) is 54.9 Å². The van der Waals surface area contributed by atoms with Gasteiger partial charge < -0.3 is 5.73 Å². The molecule has 0 bridgehead atoms. The molecule has 1 atom stereocenters. The molecule has 1 amide bonds. The Kier molecular flexibility index (Phi) is 4.94. The number of aryl methyl sites for hydroxylation is 2. The number of para-hydroxylation sites is 1. The molecule has 0 aliphatic heterocycles. The summed E-state index contributed by atoms with van der Waals surface area (Å²) in [6.07, 6.45) is 0.588. The summed E-state index contributed by atoms with van der Waals surface area (Å²) in [5.41, 5.74) is 13.1. The number of primary amides is 1. The van der Waals surface area contributed by atoms with Gasteiger partial charge in [-0.2, -0.15) is 5.10 Å². The van der Waals surface area contributed by atoms with Crippen LogP contribution in [0.1, 0.15) is 39.6 Å². The van der Waals surface area contributed by atoms with Crippen molar-refractivity contribution in [3.8, 4) is 5.69 Å². The zero-order valence-corrected chi connectivity index (χ0v) is 15.8. The van der Waals surface area contributed by atoms with Crippen LogP contribution in [-0.4, -0.2) is 15.7 Å². The Morgan fingerprint density at radius 2 is 1.73 bits per heavy atom. The lowest BCUT2D eigenvalue weighted by atomic mass is 9.87. The summed E-state index contributed by atoms with van der Waals surface area (Å²) in [7, 11) is 0. The van der Waals surface area contributed by atoms with Gasteiger partial charge in [-0.25, -0.2) is 4.68 Å². The van der Waals surface area contributed by atoms with E-state index in [9.17, 15) is 4.79 Å². The lowest BCUT2D eigenvalue weighted by Gasteiger charge is -2.17. The largest absolute Gasteiger partial charge is 0.369 e. The maximum Gasteiger partial charge on any atom is 0.225 e. The van der Waals surface area contributed by atoms with E-state index in [4.69, 9.17) is 5.73 Å². The van der Waals surface area contributed by atoms with Crippen LogP contribution >= 0.6 is 0 Å². The van der Waals surface area contributed by atoms with Gasteiger partial charge >= 0.3 is 0 Å². The highest BCUT2D eigenvalue weighted by Gasteiger charge is 2.27. The minimum atomic E-state index is -0.395. The van der Waals surface area contributed by atoms with Crippen molar-refractivity contribution in [2.75, 3.05) is 0 Å². The molecule has 3 aromatic rings. The number of rotatable bonds is 5. The molecule has 0 fully saturated rings. The lowest BCUT2D eigenvalue weighted by molar-refractivity contribution is -0.119. The molecule has 4 nitrogen and oxygen atoms in total. The van der Waals surface area contributed by atoms with Crippen LogP contribution in [0.5, 0.6) is 0 Å². The van der Waals surface area contributed by atoms with Crippen molar-refractivity contribution >= 4 is 5.91 Å². The van der Waals surface area contributed by atoms with Crippen LogP contribution in [0, 0.1) is 27.7 Å². The van der Waals surface area contributed by atoms with Gasteiger partial charge in [0.2, 0.25) is 5.91 Å². The van der Waals surface area contributed by atoms with E-state index in [2.05, 4.69) is 31.1 Å². The molecule has 3 rings (SSSR count). The topological polar surface area (TPSA) is 60.9 Å². The zero-order chi connectivity index (χ0) is 18.8. The highest BCUT2D eigenvalue weighted by molar-refractivity contribution is 5.83. The molecule has 1 heterocycles. The molecule has 0 spiro atoms. The van der Waals surface area contributed by atoms with Crippen molar-refractivity contribution < 1.29 is 4.79 Å². The van der Waals surface area contributed by atoms with E-state index in [1.165, 1.54) is 11.1 Å². The minimum absolute atomic E-state index is 0.315. The Morgan fingerprint density at radius 1 is 1.04 bits per heavy atom. The summed E-state index contributed by atoms with van der Waals surface area (Å²) < 4.78 is 1.89. The number of amides is 1. The number of carbonyl (C=O) groups is 1. The fraction of sp³-hybridized carbons (Fsp3) is 0.273. The predicted octanol–water partition coefficient (Wildman–Crippen LogP) is 3.92. The number of hydrogen-bond acceptors (Lipinski definition) is 2. The standard InChI is InChI=1S/C22H25N3O/c1-14-9-8-10-18(15(14)2)13-20(22(23)26)21-16(3)24-25(17(21)4)19-11-6-5-7-12-19/h5-12,20H,13H2,1-4H3,(H2,23,26). The van der Waals surface area contributed by atoms with Crippen LogP contribution in [0.25, 0.3) is 5.69 Å². The Morgan fingerprint density at radius 3 is 2.38 bits per heavy atom. The highest BCUT2D eigenvalue weighted by Crippen LogP contribution is 2.30. The van der Waals surface area contributed by atoms with E-state index in [-0.39, 0.29) is 5.91 Å². The van der Waals surface area contributed by atoms with Crippen LogP contribution in [0.4, 0.5) is 0 Å². The highest BCUT2D eigenvalue weighted by atomic mass is 16.1. The van der Waals surface area contributed by atoms with Gasteiger partial charge in [-0.05, 0) is 62.9 Å². The summed E-state index contributed by atoms with van der Waals surface area (Å²) in [5.74, 6) is -0.710. The molecule has 4 heteroatoms. The number of nitrogens with zero attached hydrogens (tertiary/aromatic N) is 2. The van der Waals surface area contributed by atoms with E-state index >= 15 is 0 Å². The van der Waals surface area contributed by atoms with Gasteiger partial charge in [0.05, 0.1) is 17.3 Å². The summed E-state index contributed by atoms with van der Waals surface area (Å²) >= 11 is 0. The quantitative estimate of drug-likeness (QED) is 0.760. The van der Waals surface area contributed by atoms with Crippen molar-refractivity contribution in [2.24, 2.45) is 5.73 Å². The first-order valence-electron chi connectivity index (χ1n) is 8.86. The molecule has 134 valence electrons. The van der Waals surface area contributed by atoms with Gasteiger partial charge in [0.25, 0.3) is 0 Å². The van der Waals surface area contributed by atoms with Gasteiger partial charge in [0.15, 0.2) is 0 Å². The molecule has 0 aliphatic rings. The molecule has 0 saturated heterocycles. The number of benzene rings is 2. The number of nitrogens with two attached hydrogens (primary N) is 1. The third kappa shape index (κ3) is 3.27. The molecular weight excluding hydrogens is 322 g/mol. The first-order chi connectivity index (χ1) is 12.4. The maximum atomic E-state index is 12.3. The Labute approximate surface area is 154 Å². The molecular formula is C22H25N3O. The van der Waals surface area contributed by atoms with Crippen LogP contribution in [0.2, 0.25) is 0 Å². The van der Waals surface area contributed by atoms with Crippen LogP contribution in [-0.2, 0) is 11.2 Å². The first-order valence-corrected chi connectivity index (χ1v) is 8.86. The summed E-state index contributed by atoms with van der Waals surface area (Å²) in [6.45, 7) is 8.13. The van der Waals surface area contributed by atoms with Crippen molar-refractivity contribution in [3.63, 3.8) is 0 Å². The minimum Gasteiger partial charge on any atom is -0.369 e. The Balaban J connectivity index is 2.06. The molecule has 1 aromatic heterocycles. The third-order valence-electron chi connectivity index (χ3n) is 5.18. The number of hydrogen-bond donors (Lipinski definition) is 1. The average Bonchev–Trinajstić information content (AvgIpc) is 2.91. The van der Waals surface area contributed by atoms with Crippen molar-refractivity contribution in [2.45, 2.75) is 40.0 Å². The molecule has 0 aliphatic carbocycles.